The molecule has 1 aliphatic heterocycles. The molecular weight excluding hydrogens is 943 g/mol. The minimum absolute atomic E-state index is 0.112. The lowest BCUT2D eigenvalue weighted by molar-refractivity contribution is -0.125. The molecule has 0 atom stereocenters. The van der Waals surface area contributed by atoms with Gasteiger partial charge in [-0.2, -0.15) is 4.57 Å². The Balaban J connectivity index is 0.000000245. The maximum absolute atomic E-state index is 12.9. The van der Waals surface area contributed by atoms with Crippen LogP contribution in [0.15, 0.2) is 58.5 Å². The first-order valence-corrected chi connectivity index (χ1v) is 27.1. The number of hydrogen-bond acceptors (Lipinski definition) is 12. The number of unbranched alkanes of at least 4 members (excludes halogenated alkanes) is 15. The van der Waals surface area contributed by atoms with E-state index in [1.165, 1.54) is 30.1 Å². The van der Waals surface area contributed by atoms with Crippen LogP contribution in [0.2, 0.25) is 0 Å². The number of nitrogens with one attached hydrogen (secondary N) is 1. The van der Waals surface area contributed by atoms with Crippen LogP contribution in [-0.2, 0) is 20.7 Å². The van der Waals surface area contributed by atoms with Crippen molar-refractivity contribution < 1.29 is 33.5 Å². The molecule has 0 radical (unpaired) electrons. The van der Waals surface area contributed by atoms with Crippen LogP contribution in [-0.4, -0.2) is 81.1 Å². The third kappa shape index (κ3) is 17.0. The second kappa shape index (κ2) is 30.6. The van der Waals surface area contributed by atoms with E-state index >= 15 is 0 Å². The Bertz CT molecular complexity index is 2710. The molecule has 5 aromatic rings. The molecule has 18 heteroatoms. The number of aryl methyl sites for hydroxylation is 1. The summed E-state index contributed by atoms with van der Waals surface area (Å²) in [5.41, 5.74) is 0.525. The van der Waals surface area contributed by atoms with Crippen molar-refractivity contribution in [3.8, 4) is 0 Å². The van der Waals surface area contributed by atoms with Crippen LogP contribution in [0.5, 0.6) is 0 Å². The molecule has 0 aromatic carbocycles. The molecule has 0 saturated carbocycles. The van der Waals surface area contributed by atoms with Crippen molar-refractivity contribution in [3.05, 3.63) is 81.0 Å². The zero-order chi connectivity index (χ0) is 54.2. The van der Waals surface area contributed by atoms with Gasteiger partial charge in [-0.3, -0.25) is 19.2 Å². The molecule has 1 aliphatic rings. The van der Waals surface area contributed by atoms with E-state index in [-0.39, 0.29) is 47.8 Å². The van der Waals surface area contributed by atoms with Gasteiger partial charge in [0.05, 0.1) is 11.9 Å². The minimum atomic E-state index is -0.803. The topological polar surface area (TPSA) is 219 Å². The van der Waals surface area contributed by atoms with Crippen LogP contribution < -0.4 is 21.6 Å². The van der Waals surface area contributed by atoms with Gasteiger partial charge in [0.25, 0.3) is 0 Å². The number of imidazole rings is 2. The van der Waals surface area contributed by atoms with Crippen LogP contribution in [0.4, 0.5) is 15.4 Å². The summed E-state index contributed by atoms with van der Waals surface area (Å²) in [7, 11) is 0. The van der Waals surface area contributed by atoms with Crippen molar-refractivity contribution in [2.75, 3.05) is 11.4 Å². The molecule has 0 fully saturated rings. The predicted octanol–water partition coefficient (Wildman–Crippen LogP) is 11.5. The number of amides is 3. The third-order valence-corrected chi connectivity index (χ3v) is 12.5. The Hall–Kier alpha value is -6.59. The van der Waals surface area contributed by atoms with Gasteiger partial charge in [-0.15, -0.1) is 0 Å². The molecule has 74 heavy (non-hydrogen) atoms. The zero-order valence-electron chi connectivity index (χ0n) is 45.3. The second-order valence-corrected chi connectivity index (χ2v) is 19.9. The maximum atomic E-state index is 12.9. The first-order chi connectivity index (χ1) is 35.5. The van der Waals surface area contributed by atoms with Crippen molar-refractivity contribution >= 4 is 63.9 Å². The van der Waals surface area contributed by atoms with Crippen LogP contribution in [0, 0.1) is 6.92 Å². The van der Waals surface area contributed by atoms with Gasteiger partial charge in [-0.1, -0.05) is 130 Å². The van der Waals surface area contributed by atoms with Crippen molar-refractivity contribution in [2.45, 2.75) is 209 Å². The van der Waals surface area contributed by atoms with E-state index in [9.17, 15) is 38.4 Å². The van der Waals surface area contributed by atoms with E-state index in [2.05, 4.69) is 48.0 Å². The minimum Gasteiger partial charge on any atom is -0.443 e. The van der Waals surface area contributed by atoms with E-state index < -0.39 is 29.1 Å². The molecule has 0 aliphatic carbocycles. The Kier molecular flexibility index (Phi) is 24.8. The Morgan fingerprint density at radius 3 is 1.62 bits per heavy atom. The van der Waals surface area contributed by atoms with Crippen molar-refractivity contribution in [2.24, 2.45) is 0 Å². The molecule has 6 heterocycles. The van der Waals surface area contributed by atoms with Gasteiger partial charge < -0.3 is 10.1 Å². The van der Waals surface area contributed by atoms with Crippen LogP contribution >= 0.6 is 0 Å². The molecule has 18 nitrogen and oxygen atoms in total. The fourth-order valence-electron chi connectivity index (χ4n) is 8.60. The highest BCUT2D eigenvalue weighted by Gasteiger charge is 2.33. The van der Waals surface area contributed by atoms with E-state index in [0.717, 1.165) is 127 Å². The lowest BCUT2D eigenvalue weighted by Gasteiger charge is -2.19. The second-order valence-electron chi connectivity index (χ2n) is 19.9. The van der Waals surface area contributed by atoms with E-state index in [0.29, 0.717) is 48.2 Å². The number of fused-ring (bicyclic) bond motifs is 3. The van der Waals surface area contributed by atoms with E-state index in [1.54, 1.807) is 58.2 Å². The van der Waals surface area contributed by atoms with E-state index in [1.807, 2.05) is 6.07 Å². The van der Waals surface area contributed by atoms with Gasteiger partial charge in [0.2, 0.25) is 23.6 Å². The molecule has 0 spiro atoms. The van der Waals surface area contributed by atoms with Gasteiger partial charge in [-0.05, 0) is 83.2 Å². The number of anilines is 1. The number of rotatable bonds is 23. The molecule has 404 valence electrons. The van der Waals surface area contributed by atoms with Crippen LogP contribution in [0.1, 0.15) is 210 Å². The molecule has 1 N–H and O–H groups in total. The molecular formula is C56H81N9O9. The van der Waals surface area contributed by atoms with Crippen molar-refractivity contribution in [3.63, 3.8) is 0 Å². The van der Waals surface area contributed by atoms with Gasteiger partial charge in [-0.25, -0.2) is 52.7 Å². The van der Waals surface area contributed by atoms with Gasteiger partial charge >= 0.3 is 23.5 Å². The fourth-order valence-corrected chi connectivity index (χ4v) is 8.60. The standard InChI is InChI=1S/C21H32N4O3.C20H29N3O4.C15H20N2O2/c1-3-5-7-9-10-14-18(26)25-19-17(13-12-16-22-19)24(21(25)28)20(27)23-15-11-8-6-4-2;1-6-7-8-9-10-11-15(24)22-17-16(14(2)12-13-21-17)23(18(22)25)19(26)27-20(3,4)5;1-2-3-4-5-6-9-13(18)17-14(19)11-12-8-7-10-16-15(12)17/h12-13,16H,3-11,14-15H2,1-2H3,(H,23,27);12-13H,6-11H2,1-5H3;7-8,10H,2-6,9,11H2,1H3. The lowest BCUT2D eigenvalue weighted by Crippen LogP contribution is -2.38. The summed E-state index contributed by atoms with van der Waals surface area (Å²) in [6.07, 6.45) is 24.7. The van der Waals surface area contributed by atoms with Crippen molar-refractivity contribution in [1.82, 2.24) is 38.5 Å². The number of carbonyl (C=O) groups is 6. The number of hydrogen-bond donors (Lipinski definition) is 1. The van der Waals surface area contributed by atoms with Crippen LogP contribution in [0.25, 0.3) is 22.3 Å². The largest absolute Gasteiger partial charge is 0.443 e. The lowest BCUT2D eigenvalue weighted by atomic mass is 10.1. The van der Waals surface area contributed by atoms with Crippen molar-refractivity contribution in [1.29, 1.82) is 0 Å². The third-order valence-electron chi connectivity index (χ3n) is 12.5. The Morgan fingerprint density at radius 1 is 0.568 bits per heavy atom. The zero-order valence-corrected chi connectivity index (χ0v) is 45.3. The molecule has 3 amide bonds. The number of nitrogens with zero attached hydrogens (tertiary/aromatic N) is 8. The highest BCUT2D eigenvalue weighted by atomic mass is 16.6. The summed E-state index contributed by atoms with van der Waals surface area (Å²) < 4.78 is 9.35. The maximum Gasteiger partial charge on any atom is 0.423 e. The molecule has 0 saturated heterocycles. The van der Waals surface area contributed by atoms with Crippen LogP contribution in [0.3, 0.4) is 0 Å². The van der Waals surface area contributed by atoms with Gasteiger partial charge in [0, 0.05) is 50.0 Å². The normalized spacial score (nSPS) is 12.0. The highest BCUT2D eigenvalue weighted by molar-refractivity contribution is 6.18. The average molecular weight is 1020 g/mol. The fraction of sp³-hybridized carbons (Fsp3) is 0.589. The summed E-state index contributed by atoms with van der Waals surface area (Å²) in [5.74, 6) is -0.376. The summed E-state index contributed by atoms with van der Waals surface area (Å²) in [6, 6.07) is 8.15. The van der Waals surface area contributed by atoms with Gasteiger partial charge in [0.15, 0.2) is 11.3 Å². The summed E-state index contributed by atoms with van der Waals surface area (Å²) in [4.78, 5) is 114. The molecule has 6 rings (SSSR count). The smallest absolute Gasteiger partial charge is 0.423 e. The quantitative estimate of drug-likeness (QED) is 0.0604. The van der Waals surface area contributed by atoms with E-state index in [4.69, 9.17) is 4.74 Å². The Labute approximate surface area is 435 Å². The summed E-state index contributed by atoms with van der Waals surface area (Å²) >= 11 is 0. The molecule has 0 bridgehead atoms. The molecule has 5 aromatic heterocycles. The average Bonchev–Trinajstić information content (AvgIpc) is 3.98. The number of aromatic nitrogens is 7. The first kappa shape index (κ1) is 60.0. The monoisotopic (exact) mass is 1020 g/mol. The van der Waals surface area contributed by atoms with Gasteiger partial charge in [0.1, 0.15) is 16.9 Å². The number of ether oxygens (including phenoxy) is 1. The SMILES string of the molecule is CCCCCCCC(=O)N1C(=O)Cc2cccnc21.CCCCCCCC(=O)n1c(=O)n(C(=O)NCCCCCC)c2cccnc21.CCCCCCCC(=O)n1c(=O)n(C(=O)OC(C)(C)C)c2c(C)ccnc21. The Morgan fingerprint density at radius 2 is 1.05 bits per heavy atom. The summed E-state index contributed by atoms with van der Waals surface area (Å²) in [5, 5.41) is 2.78. The predicted molar refractivity (Wildman–Crippen MR) is 289 cm³/mol. The molecule has 0 unspecified atom stereocenters. The number of imide groups is 1. The summed E-state index contributed by atoms with van der Waals surface area (Å²) in [6.45, 7) is 16.0. The first-order valence-electron chi connectivity index (χ1n) is 27.1. The number of carbonyl (C=O) groups excluding carboxylic acids is 6. The number of pyridine rings is 3. The highest BCUT2D eigenvalue weighted by Crippen LogP contribution is 2.27.